The van der Waals surface area contributed by atoms with Crippen molar-refractivity contribution in [1.82, 2.24) is 4.90 Å². The molecule has 1 amide bonds. The van der Waals surface area contributed by atoms with E-state index < -0.39 is 6.10 Å². The van der Waals surface area contributed by atoms with Crippen LogP contribution in [0.2, 0.25) is 0 Å². The molecule has 3 aromatic rings. The van der Waals surface area contributed by atoms with Crippen molar-refractivity contribution in [1.29, 1.82) is 0 Å². The largest absolute Gasteiger partial charge is 0.481 e. The summed E-state index contributed by atoms with van der Waals surface area (Å²) in [5.74, 6) is 0.675. The van der Waals surface area contributed by atoms with Crippen LogP contribution in [0.4, 0.5) is 0 Å². The molecule has 1 atom stereocenters. The monoisotopic (exact) mass is 345 g/mol. The highest BCUT2D eigenvalue weighted by Gasteiger charge is 2.22. The van der Waals surface area contributed by atoms with Crippen LogP contribution in [0.15, 0.2) is 91.0 Å². The van der Waals surface area contributed by atoms with Crippen molar-refractivity contribution in [3.05, 3.63) is 102 Å². The molecule has 0 heterocycles. The molecule has 0 bridgehead atoms. The summed E-state index contributed by atoms with van der Waals surface area (Å²) in [4.78, 5) is 14.9. The Morgan fingerprint density at radius 1 is 0.769 bits per heavy atom. The van der Waals surface area contributed by atoms with Gasteiger partial charge in [0.2, 0.25) is 0 Å². The highest BCUT2D eigenvalue weighted by Crippen LogP contribution is 2.16. The van der Waals surface area contributed by atoms with Gasteiger partial charge in [0.25, 0.3) is 5.91 Å². The number of benzene rings is 3. The maximum Gasteiger partial charge on any atom is 0.263 e. The van der Waals surface area contributed by atoms with Gasteiger partial charge in [-0.1, -0.05) is 78.9 Å². The number of hydrogen-bond acceptors (Lipinski definition) is 2. The number of hydrogen-bond donors (Lipinski definition) is 0. The Labute approximate surface area is 154 Å². The van der Waals surface area contributed by atoms with E-state index in [2.05, 4.69) is 0 Å². The van der Waals surface area contributed by atoms with E-state index in [1.807, 2.05) is 95.9 Å². The minimum absolute atomic E-state index is 0.0263. The topological polar surface area (TPSA) is 29.5 Å². The molecular weight excluding hydrogens is 322 g/mol. The first-order chi connectivity index (χ1) is 12.7. The van der Waals surface area contributed by atoms with Gasteiger partial charge in [-0.25, -0.2) is 0 Å². The lowest BCUT2D eigenvalue weighted by Gasteiger charge is -2.26. The van der Waals surface area contributed by atoms with E-state index in [4.69, 9.17) is 4.74 Å². The molecule has 0 unspecified atom stereocenters. The predicted octanol–water partition coefficient (Wildman–Crippen LogP) is 4.68. The van der Waals surface area contributed by atoms with E-state index in [0.29, 0.717) is 18.8 Å². The fraction of sp³-hybridized carbons (Fsp3) is 0.174. The third kappa shape index (κ3) is 4.96. The smallest absolute Gasteiger partial charge is 0.263 e. The lowest BCUT2D eigenvalue weighted by atomic mass is 10.1. The molecule has 26 heavy (non-hydrogen) atoms. The zero-order valence-corrected chi connectivity index (χ0v) is 14.9. The van der Waals surface area contributed by atoms with Crippen molar-refractivity contribution in [2.45, 2.75) is 26.1 Å². The summed E-state index contributed by atoms with van der Waals surface area (Å²) in [6.45, 7) is 2.91. The number of para-hydroxylation sites is 1. The average Bonchev–Trinajstić information content (AvgIpc) is 2.69. The summed E-state index contributed by atoms with van der Waals surface area (Å²) >= 11 is 0. The van der Waals surface area contributed by atoms with Crippen LogP contribution in [0.5, 0.6) is 5.75 Å². The van der Waals surface area contributed by atoms with E-state index in [1.165, 1.54) is 0 Å². The average molecular weight is 345 g/mol. The standard InChI is InChI=1S/C23H23NO2/c1-19(26-22-15-9-4-10-16-22)23(25)24(17-20-11-5-2-6-12-20)18-21-13-7-3-8-14-21/h2-16,19H,17-18H2,1H3/t19-/m1/s1. The third-order valence-electron chi connectivity index (χ3n) is 4.15. The normalized spacial score (nSPS) is 11.6. The van der Waals surface area contributed by atoms with Crippen LogP contribution in [0.25, 0.3) is 0 Å². The van der Waals surface area contributed by atoms with Gasteiger partial charge < -0.3 is 9.64 Å². The summed E-state index contributed by atoms with van der Waals surface area (Å²) in [6.07, 6.45) is -0.551. The fourth-order valence-electron chi connectivity index (χ4n) is 2.83. The maximum atomic E-state index is 13.1. The Hall–Kier alpha value is -3.07. The van der Waals surface area contributed by atoms with E-state index in [9.17, 15) is 4.79 Å². The van der Waals surface area contributed by atoms with Gasteiger partial charge in [-0.2, -0.15) is 0 Å². The lowest BCUT2D eigenvalue weighted by molar-refractivity contribution is -0.139. The first-order valence-corrected chi connectivity index (χ1v) is 8.81. The number of amides is 1. The van der Waals surface area contributed by atoms with Crippen molar-refractivity contribution >= 4 is 5.91 Å². The zero-order valence-electron chi connectivity index (χ0n) is 14.9. The van der Waals surface area contributed by atoms with Crippen molar-refractivity contribution in [2.24, 2.45) is 0 Å². The molecule has 0 fully saturated rings. The second kappa shape index (κ2) is 8.86. The molecule has 0 aliphatic carbocycles. The molecule has 0 aromatic heterocycles. The minimum Gasteiger partial charge on any atom is -0.481 e. The summed E-state index contributed by atoms with van der Waals surface area (Å²) in [5, 5.41) is 0. The summed E-state index contributed by atoms with van der Waals surface area (Å²) < 4.78 is 5.84. The molecule has 0 saturated carbocycles. The van der Waals surface area contributed by atoms with Crippen LogP contribution < -0.4 is 4.74 Å². The summed E-state index contributed by atoms with van der Waals surface area (Å²) in [7, 11) is 0. The van der Waals surface area contributed by atoms with Gasteiger partial charge in [0, 0.05) is 13.1 Å². The van der Waals surface area contributed by atoms with Crippen LogP contribution in [0.3, 0.4) is 0 Å². The SMILES string of the molecule is C[C@@H](Oc1ccccc1)C(=O)N(Cc1ccccc1)Cc1ccccc1. The second-order valence-electron chi connectivity index (χ2n) is 6.24. The summed E-state index contributed by atoms with van der Waals surface area (Å²) in [6, 6.07) is 29.5. The lowest BCUT2D eigenvalue weighted by Crippen LogP contribution is -2.39. The van der Waals surface area contributed by atoms with Crippen LogP contribution in [0, 0.1) is 0 Å². The van der Waals surface area contributed by atoms with Crippen molar-refractivity contribution in [3.63, 3.8) is 0 Å². The Balaban J connectivity index is 1.75. The quantitative estimate of drug-likeness (QED) is 0.622. The van der Waals surface area contributed by atoms with Gasteiger partial charge in [-0.05, 0) is 30.2 Å². The number of carbonyl (C=O) groups is 1. The van der Waals surface area contributed by atoms with E-state index >= 15 is 0 Å². The molecule has 3 nitrogen and oxygen atoms in total. The fourth-order valence-corrected chi connectivity index (χ4v) is 2.83. The minimum atomic E-state index is -0.551. The number of ether oxygens (including phenoxy) is 1. The highest BCUT2D eigenvalue weighted by atomic mass is 16.5. The first-order valence-electron chi connectivity index (χ1n) is 8.81. The summed E-state index contributed by atoms with van der Waals surface area (Å²) in [5.41, 5.74) is 2.20. The second-order valence-corrected chi connectivity index (χ2v) is 6.24. The number of carbonyl (C=O) groups excluding carboxylic acids is 1. The van der Waals surface area contributed by atoms with Gasteiger partial charge in [0.05, 0.1) is 0 Å². The predicted molar refractivity (Wildman–Crippen MR) is 104 cm³/mol. The number of rotatable bonds is 7. The van der Waals surface area contributed by atoms with Gasteiger partial charge >= 0.3 is 0 Å². The van der Waals surface area contributed by atoms with E-state index in [0.717, 1.165) is 11.1 Å². The first kappa shape index (κ1) is 17.7. The van der Waals surface area contributed by atoms with Gasteiger partial charge in [-0.15, -0.1) is 0 Å². The van der Waals surface area contributed by atoms with Gasteiger partial charge in [0.1, 0.15) is 5.75 Å². The Morgan fingerprint density at radius 2 is 1.19 bits per heavy atom. The molecule has 0 spiro atoms. The molecule has 3 aromatic carbocycles. The molecule has 3 heteroatoms. The van der Waals surface area contributed by atoms with E-state index in [-0.39, 0.29) is 5.91 Å². The molecule has 0 N–H and O–H groups in total. The molecule has 3 rings (SSSR count). The molecular formula is C23H23NO2. The van der Waals surface area contributed by atoms with Crippen LogP contribution >= 0.6 is 0 Å². The van der Waals surface area contributed by atoms with Gasteiger partial charge in [-0.3, -0.25) is 4.79 Å². The van der Waals surface area contributed by atoms with Crippen molar-refractivity contribution in [3.8, 4) is 5.75 Å². The molecule has 0 saturated heterocycles. The maximum absolute atomic E-state index is 13.1. The molecule has 0 aliphatic heterocycles. The number of nitrogens with zero attached hydrogens (tertiary/aromatic N) is 1. The molecule has 0 aliphatic rings. The van der Waals surface area contributed by atoms with Crippen LogP contribution in [-0.4, -0.2) is 16.9 Å². The van der Waals surface area contributed by atoms with Crippen LogP contribution in [-0.2, 0) is 17.9 Å². The van der Waals surface area contributed by atoms with Crippen LogP contribution in [0.1, 0.15) is 18.1 Å². The van der Waals surface area contributed by atoms with Crippen molar-refractivity contribution in [2.75, 3.05) is 0 Å². The third-order valence-corrected chi connectivity index (χ3v) is 4.15. The van der Waals surface area contributed by atoms with Gasteiger partial charge in [0.15, 0.2) is 6.10 Å². The molecule has 0 radical (unpaired) electrons. The van der Waals surface area contributed by atoms with Crippen molar-refractivity contribution < 1.29 is 9.53 Å². The Kier molecular flexibility index (Phi) is 6.05. The Morgan fingerprint density at radius 3 is 1.65 bits per heavy atom. The molecule has 132 valence electrons. The highest BCUT2D eigenvalue weighted by molar-refractivity contribution is 5.81. The zero-order chi connectivity index (χ0) is 18.2. The van der Waals surface area contributed by atoms with E-state index in [1.54, 1.807) is 6.92 Å². The Bertz CT molecular complexity index is 762.